The Bertz CT molecular complexity index is 513. The molecule has 0 saturated carbocycles. The first-order valence-corrected chi connectivity index (χ1v) is 7.14. The van der Waals surface area contributed by atoms with E-state index in [-0.39, 0.29) is 6.10 Å². The topological polar surface area (TPSA) is 34.1 Å². The van der Waals surface area contributed by atoms with E-state index in [0.717, 1.165) is 36.0 Å². The van der Waals surface area contributed by atoms with Crippen LogP contribution >= 0.6 is 11.3 Å². The number of aromatic nitrogens is 1. The van der Waals surface area contributed by atoms with E-state index in [1.165, 1.54) is 5.56 Å². The first-order chi connectivity index (χ1) is 8.86. The maximum absolute atomic E-state index is 5.94. The third-order valence-electron chi connectivity index (χ3n) is 3.05. The number of nitrogens with one attached hydrogen (secondary N) is 1. The van der Waals surface area contributed by atoms with Crippen LogP contribution in [0.15, 0.2) is 29.6 Å². The van der Waals surface area contributed by atoms with E-state index in [1.54, 1.807) is 11.3 Å². The van der Waals surface area contributed by atoms with Crippen LogP contribution in [0.5, 0.6) is 5.75 Å². The Kier molecular flexibility index (Phi) is 3.30. The monoisotopic (exact) mass is 260 g/mol. The molecule has 2 heterocycles. The predicted molar refractivity (Wildman–Crippen MR) is 73.0 cm³/mol. The molecule has 2 aromatic rings. The first kappa shape index (κ1) is 11.7. The molecular formula is C14H16N2OS. The van der Waals surface area contributed by atoms with Crippen molar-refractivity contribution < 1.29 is 4.74 Å². The number of nitrogens with zero attached hydrogens (tertiary/aromatic N) is 1. The number of ether oxygens (including phenoxy) is 1. The molecule has 1 atom stereocenters. The summed E-state index contributed by atoms with van der Waals surface area (Å²) < 4.78 is 5.94. The fraction of sp³-hybridized carbons (Fsp3) is 0.357. The maximum atomic E-state index is 5.94. The van der Waals surface area contributed by atoms with Gasteiger partial charge in [-0.05, 0) is 18.2 Å². The number of rotatable bonds is 4. The standard InChI is InChI=1S/C14H16N2OS/c1-2-15-8-11-9-18-14(16-11)13-7-10-5-3-4-6-12(10)17-13/h3-6,9,13,15H,2,7-8H2,1H3. The summed E-state index contributed by atoms with van der Waals surface area (Å²) in [6, 6.07) is 8.23. The zero-order valence-electron chi connectivity index (χ0n) is 10.3. The highest BCUT2D eigenvalue weighted by Crippen LogP contribution is 2.37. The third kappa shape index (κ3) is 2.26. The lowest BCUT2D eigenvalue weighted by molar-refractivity contribution is 0.238. The summed E-state index contributed by atoms with van der Waals surface area (Å²) >= 11 is 1.69. The van der Waals surface area contributed by atoms with Crippen LogP contribution < -0.4 is 10.1 Å². The minimum atomic E-state index is 0.0998. The Morgan fingerprint density at radius 2 is 2.33 bits per heavy atom. The summed E-state index contributed by atoms with van der Waals surface area (Å²) in [6.45, 7) is 3.91. The van der Waals surface area contributed by atoms with Crippen molar-refractivity contribution in [1.29, 1.82) is 0 Å². The van der Waals surface area contributed by atoms with Gasteiger partial charge in [-0.15, -0.1) is 11.3 Å². The molecule has 0 fully saturated rings. The summed E-state index contributed by atoms with van der Waals surface area (Å²) in [5, 5.41) is 6.49. The fourth-order valence-corrected chi connectivity index (χ4v) is 2.97. The molecule has 0 aliphatic carbocycles. The second kappa shape index (κ2) is 5.08. The largest absolute Gasteiger partial charge is 0.483 e. The molecular weight excluding hydrogens is 244 g/mol. The summed E-state index contributed by atoms with van der Waals surface area (Å²) in [5.74, 6) is 1.01. The van der Waals surface area contributed by atoms with E-state index >= 15 is 0 Å². The fourth-order valence-electron chi connectivity index (χ4n) is 2.12. The van der Waals surface area contributed by atoms with Crippen molar-refractivity contribution >= 4 is 11.3 Å². The van der Waals surface area contributed by atoms with E-state index in [1.807, 2.05) is 12.1 Å². The summed E-state index contributed by atoms with van der Waals surface area (Å²) in [6.07, 6.45) is 1.03. The summed E-state index contributed by atoms with van der Waals surface area (Å²) in [5.41, 5.74) is 2.39. The Balaban J connectivity index is 1.72. The van der Waals surface area contributed by atoms with Crippen LogP contribution in [0.25, 0.3) is 0 Å². The lowest BCUT2D eigenvalue weighted by atomic mass is 10.1. The summed E-state index contributed by atoms with van der Waals surface area (Å²) in [7, 11) is 0. The van der Waals surface area contributed by atoms with Crippen LogP contribution in [0.4, 0.5) is 0 Å². The number of thiazole rings is 1. The normalized spacial score (nSPS) is 17.5. The number of fused-ring (bicyclic) bond motifs is 1. The van der Waals surface area contributed by atoms with Crippen LogP contribution in [0, 0.1) is 0 Å². The van der Waals surface area contributed by atoms with Crippen LogP contribution in [-0.4, -0.2) is 11.5 Å². The first-order valence-electron chi connectivity index (χ1n) is 6.26. The molecule has 18 heavy (non-hydrogen) atoms. The molecule has 0 bridgehead atoms. The Labute approximate surface area is 111 Å². The predicted octanol–water partition coefficient (Wildman–Crippen LogP) is 2.93. The van der Waals surface area contributed by atoms with Crippen LogP contribution in [-0.2, 0) is 13.0 Å². The minimum absolute atomic E-state index is 0.0998. The molecule has 1 aliphatic heterocycles. The molecule has 0 radical (unpaired) electrons. The second-order valence-corrected chi connectivity index (χ2v) is 5.27. The van der Waals surface area contributed by atoms with Crippen LogP contribution in [0.2, 0.25) is 0 Å². The van der Waals surface area contributed by atoms with E-state index in [0.29, 0.717) is 0 Å². The smallest absolute Gasteiger partial charge is 0.154 e. The molecule has 1 aromatic carbocycles. The number of benzene rings is 1. The molecule has 4 heteroatoms. The lowest BCUT2D eigenvalue weighted by Crippen LogP contribution is -2.12. The van der Waals surface area contributed by atoms with Gasteiger partial charge in [0.25, 0.3) is 0 Å². The highest BCUT2D eigenvalue weighted by Gasteiger charge is 2.26. The van der Waals surface area contributed by atoms with Crippen molar-refractivity contribution in [3.05, 3.63) is 45.9 Å². The lowest BCUT2D eigenvalue weighted by Gasteiger charge is -2.06. The molecule has 1 N–H and O–H groups in total. The Hall–Kier alpha value is -1.39. The van der Waals surface area contributed by atoms with Gasteiger partial charge in [-0.25, -0.2) is 4.98 Å². The molecule has 1 unspecified atom stereocenters. The highest BCUT2D eigenvalue weighted by atomic mass is 32.1. The van der Waals surface area contributed by atoms with E-state index < -0.39 is 0 Å². The Morgan fingerprint density at radius 1 is 1.44 bits per heavy atom. The molecule has 0 amide bonds. The van der Waals surface area contributed by atoms with Gasteiger partial charge in [-0.1, -0.05) is 25.1 Å². The molecule has 1 aromatic heterocycles. The van der Waals surface area contributed by atoms with Crippen molar-refractivity contribution in [2.24, 2.45) is 0 Å². The van der Waals surface area contributed by atoms with Gasteiger partial charge in [0, 0.05) is 18.3 Å². The third-order valence-corrected chi connectivity index (χ3v) is 4.03. The molecule has 3 rings (SSSR count). The molecule has 1 aliphatic rings. The average molecular weight is 260 g/mol. The molecule has 94 valence electrons. The minimum Gasteiger partial charge on any atom is -0.483 e. The van der Waals surface area contributed by atoms with Crippen LogP contribution in [0.3, 0.4) is 0 Å². The molecule has 0 spiro atoms. The highest BCUT2D eigenvalue weighted by molar-refractivity contribution is 7.09. The second-order valence-electron chi connectivity index (χ2n) is 4.38. The van der Waals surface area contributed by atoms with Gasteiger partial charge in [-0.2, -0.15) is 0 Å². The van der Waals surface area contributed by atoms with Crippen molar-refractivity contribution in [3.8, 4) is 5.75 Å². The SMILES string of the molecule is CCNCc1csc(C2Cc3ccccc3O2)n1. The van der Waals surface area contributed by atoms with Crippen LogP contribution in [0.1, 0.15) is 29.3 Å². The van der Waals surface area contributed by atoms with E-state index in [4.69, 9.17) is 4.74 Å². The maximum Gasteiger partial charge on any atom is 0.154 e. The molecule has 0 saturated heterocycles. The van der Waals surface area contributed by atoms with Gasteiger partial charge in [0.15, 0.2) is 6.10 Å². The van der Waals surface area contributed by atoms with Gasteiger partial charge in [0.05, 0.1) is 5.69 Å². The molecule has 3 nitrogen and oxygen atoms in total. The van der Waals surface area contributed by atoms with Crippen molar-refractivity contribution in [2.45, 2.75) is 26.0 Å². The zero-order valence-corrected chi connectivity index (χ0v) is 11.2. The van der Waals surface area contributed by atoms with Gasteiger partial charge in [0.1, 0.15) is 10.8 Å². The van der Waals surface area contributed by atoms with Gasteiger partial charge in [-0.3, -0.25) is 0 Å². The number of hydrogen-bond acceptors (Lipinski definition) is 4. The van der Waals surface area contributed by atoms with Gasteiger partial charge in [0.2, 0.25) is 0 Å². The van der Waals surface area contributed by atoms with Crippen molar-refractivity contribution in [2.75, 3.05) is 6.54 Å². The van der Waals surface area contributed by atoms with Gasteiger partial charge >= 0.3 is 0 Å². The van der Waals surface area contributed by atoms with E-state index in [2.05, 4.69) is 34.7 Å². The van der Waals surface area contributed by atoms with E-state index in [9.17, 15) is 0 Å². The van der Waals surface area contributed by atoms with Crippen molar-refractivity contribution in [1.82, 2.24) is 10.3 Å². The average Bonchev–Trinajstić information content (AvgIpc) is 3.02. The number of hydrogen-bond donors (Lipinski definition) is 1. The quantitative estimate of drug-likeness (QED) is 0.917. The van der Waals surface area contributed by atoms with Gasteiger partial charge < -0.3 is 10.1 Å². The number of para-hydroxylation sites is 1. The Morgan fingerprint density at radius 3 is 3.17 bits per heavy atom. The zero-order chi connectivity index (χ0) is 12.4. The van der Waals surface area contributed by atoms with Crippen molar-refractivity contribution in [3.63, 3.8) is 0 Å². The summed E-state index contributed by atoms with van der Waals surface area (Å²) in [4.78, 5) is 4.64.